The predicted molar refractivity (Wildman–Crippen MR) is 140 cm³/mol. The van der Waals surface area contributed by atoms with Crippen LogP contribution in [0.2, 0.25) is 0 Å². The lowest BCUT2D eigenvalue weighted by atomic mass is 10.1. The molecule has 176 valence electrons. The number of aryl methyl sites for hydroxylation is 2. The van der Waals surface area contributed by atoms with E-state index in [0.29, 0.717) is 31.1 Å². The van der Waals surface area contributed by atoms with Gasteiger partial charge in [-0.15, -0.1) is 24.0 Å². The van der Waals surface area contributed by atoms with E-state index in [-0.39, 0.29) is 36.5 Å². The highest BCUT2D eigenvalue weighted by Crippen LogP contribution is 2.28. The quantitative estimate of drug-likeness (QED) is 0.237. The number of nitrogens with zero attached hydrogens (tertiary/aromatic N) is 1. The molecule has 7 nitrogen and oxygen atoms in total. The van der Waals surface area contributed by atoms with E-state index < -0.39 is 0 Å². The van der Waals surface area contributed by atoms with E-state index in [1.165, 1.54) is 16.7 Å². The van der Waals surface area contributed by atoms with Gasteiger partial charge in [0.1, 0.15) is 0 Å². The Labute approximate surface area is 208 Å². The number of amides is 1. The van der Waals surface area contributed by atoms with Crippen LogP contribution < -0.4 is 25.4 Å². The van der Waals surface area contributed by atoms with Gasteiger partial charge in [0.25, 0.3) is 5.91 Å². The van der Waals surface area contributed by atoms with E-state index in [1.54, 1.807) is 13.2 Å². The van der Waals surface area contributed by atoms with Crippen molar-refractivity contribution in [3.8, 4) is 11.5 Å². The number of aliphatic imine (C=N–C) groups is 1. The number of hydrogen-bond acceptors (Lipinski definition) is 4. The molecular weight excluding hydrogens is 519 g/mol. The molecule has 0 aliphatic rings. The summed E-state index contributed by atoms with van der Waals surface area (Å²) < 4.78 is 11.0. The van der Waals surface area contributed by atoms with Crippen LogP contribution in [0.4, 0.5) is 0 Å². The minimum Gasteiger partial charge on any atom is -0.493 e. The van der Waals surface area contributed by atoms with E-state index in [2.05, 4.69) is 53.0 Å². The van der Waals surface area contributed by atoms with Crippen LogP contribution in [0.25, 0.3) is 0 Å². The number of hydrogen-bond donors (Lipinski definition) is 3. The molecular formula is C24H35IN4O3. The fourth-order valence-electron chi connectivity index (χ4n) is 3.06. The van der Waals surface area contributed by atoms with Crippen molar-refractivity contribution < 1.29 is 14.3 Å². The molecule has 0 bridgehead atoms. The van der Waals surface area contributed by atoms with Crippen molar-refractivity contribution in [3.63, 3.8) is 0 Å². The van der Waals surface area contributed by atoms with Crippen LogP contribution in [0.5, 0.6) is 11.5 Å². The molecule has 3 N–H and O–H groups in total. The maximum Gasteiger partial charge on any atom is 0.257 e. The molecule has 0 radical (unpaired) electrons. The number of benzene rings is 2. The molecule has 32 heavy (non-hydrogen) atoms. The zero-order valence-electron chi connectivity index (χ0n) is 19.6. The van der Waals surface area contributed by atoms with Gasteiger partial charge in [-0.3, -0.25) is 4.79 Å². The average Bonchev–Trinajstić information content (AvgIpc) is 2.75. The van der Waals surface area contributed by atoms with Crippen molar-refractivity contribution in [2.75, 3.05) is 26.8 Å². The zero-order chi connectivity index (χ0) is 22.6. The third-order valence-corrected chi connectivity index (χ3v) is 4.67. The highest BCUT2D eigenvalue weighted by Gasteiger charge is 2.09. The SMILES string of the molecule is CCNC(=O)COc1ccc(CN=C(NCC)NCc2ccc(C)cc2C)cc1OC.I. The molecule has 2 aromatic carbocycles. The predicted octanol–water partition coefficient (Wildman–Crippen LogP) is 3.70. The van der Waals surface area contributed by atoms with Crippen LogP contribution in [0.15, 0.2) is 41.4 Å². The molecule has 0 aromatic heterocycles. The third-order valence-electron chi connectivity index (χ3n) is 4.67. The first-order valence-corrected chi connectivity index (χ1v) is 10.6. The molecule has 0 saturated carbocycles. The van der Waals surface area contributed by atoms with Gasteiger partial charge in [0.15, 0.2) is 24.1 Å². The molecule has 1 amide bonds. The molecule has 0 unspecified atom stereocenters. The maximum atomic E-state index is 11.6. The Hall–Kier alpha value is -2.49. The summed E-state index contributed by atoms with van der Waals surface area (Å²) in [5, 5.41) is 9.37. The Bertz CT molecular complexity index is 903. The van der Waals surface area contributed by atoms with Gasteiger partial charge < -0.3 is 25.4 Å². The van der Waals surface area contributed by atoms with Crippen molar-refractivity contribution in [1.82, 2.24) is 16.0 Å². The summed E-state index contributed by atoms with van der Waals surface area (Å²) in [6.45, 7) is 10.6. The lowest BCUT2D eigenvalue weighted by molar-refractivity contribution is -0.123. The summed E-state index contributed by atoms with van der Waals surface area (Å²) in [5.74, 6) is 1.69. The Kier molecular flexibility index (Phi) is 12.5. The van der Waals surface area contributed by atoms with Crippen LogP contribution in [0.3, 0.4) is 0 Å². The lowest BCUT2D eigenvalue weighted by Crippen LogP contribution is -2.36. The Morgan fingerprint density at radius 2 is 1.72 bits per heavy atom. The second kappa shape index (κ2) is 14.5. The number of guanidine groups is 1. The van der Waals surface area contributed by atoms with Gasteiger partial charge in [0, 0.05) is 19.6 Å². The fraction of sp³-hybridized carbons (Fsp3) is 0.417. The molecule has 2 aromatic rings. The molecule has 0 aliphatic heterocycles. The lowest BCUT2D eigenvalue weighted by Gasteiger charge is -2.14. The molecule has 2 rings (SSSR count). The summed E-state index contributed by atoms with van der Waals surface area (Å²) in [7, 11) is 1.58. The monoisotopic (exact) mass is 554 g/mol. The Balaban J connectivity index is 0.00000512. The molecule has 8 heteroatoms. The van der Waals surface area contributed by atoms with Gasteiger partial charge in [-0.1, -0.05) is 29.8 Å². The minimum absolute atomic E-state index is 0. The molecule has 0 fully saturated rings. The van der Waals surface area contributed by atoms with Gasteiger partial charge in [-0.2, -0.15) is 0 Å². The van der Waals surface area contributed by atoms with Crippen molar-refractivity contribution in [2.24, 2.45) is 4.99 Å². The largest absolute Gasteiger partial charge is 0.493 e. The number of carbonyl (C=O) groups excluding carboxylic acids is 1. The summed E-state index contributed by atoms with van der Waals surface area (Å²) in [6, 6.07) is 12.1. The van der Waals surface area contributed by atoms with Crippen LogP contribution in [-0.2, 0) is 17.9 Å². The summed E-state index contributed by atoms with van der Waals surface area (Å²) >= 11 is 0. The number of halogens is 1. The number of nitrogens with one attached hydrogen (secondary N) is 3. The van der Waals surface area contributed by atoms with Gasteiger partial charge in [0.05, 0.1) is 13.7 Å². The normalized spacial score (nSPS) is 10.7. The number of likely N-dealkylation sites (N-methyl/N-ethyl adjacent to an activating group) is 1. The fourth-order valence-corrected chi connectivity index (χ4v) is 3.06. The average molecular weight is 554 g/mol. The number of carbonyl (C=O) groups is 1. The highest BCUT2D eigenvalue weighted by atomic mass is 127. The topological polar surface area (TPSA) is 84.0 Å². The number of methoxy groups -OCH3 is 1. The van der Waals surface area contributed by atoms with E-state index in [0.717, 1.165) is 18.1 Å². The molecule has 0 saturated heterocycles. The van der Waals surface area contributed by atoms with Crippen LogP contribution in [0, 0.1) is 13.8 Å². The summed E-state index contributed by atoms with van der Waals surface area (Å²) in [6.07, 6.45) is 0. The van der Waals surface area contributed by atoms with Gasteiger partial charge in [0.2, 0.25) is 0 Å². The molecule has 0 spiro atoms. The maximum absolute atomic E-state index is 11.6. The van der Waals surface area contributed by atoms with Crippen molar-refractivity contribution >= 4 is 35.8 Å². The summed E-state index contributed by atoms with van der Waals surface area (Å²) in [4.78, 5) is 16.3. The van der Waals surface area contributed by atoms with Gasteiger partial charge in [-0.25, -0.2) is 4.99 Å². The standard InChI is InChI=1S/C24H34N4O3.HI/c1-6-25-23(29)16-31-21-11-9-19(13-22(21)30-5)14-27-24(26-7-2)28-15-20-10-8-17(3)12-18(20)4;/h8-13H,6-7,14-16H2,1-5H3,(H,25,29)(H2,26,27,28);1H. The van der Waals surface area contributed by atoms with E-state index in [1.807, 2.05) is 26.0 Å². The first-order valence-electron chi connectivity index (χ1n) is 10.6. The van der Waals surface area contributed by atoms with Crippen molar-refractivity contribution in [1.29, 1.82) is 0 Å². The third kappa shape index (κ3) is 8.94. The van der Waals surface area contributed by atoms with E-state index in [4.69, 9.17) is 9.47 Å². The smallest absolute Gasteiger partial charge is 0.257 e. The number of rotatable bonds is 10. The van der Waals surface area contributed by atoms with Crippen molar-refractivity contribution in [2.45, 2.75) is 40.8 Å². The second-order valence-corrected chi connectivity index (χ2v) is 7.21. The highest BCUT2D eigenvalue weighted by molar-refractivity contribution is 14.0. The van der Waals surface area contributed by atoms with Crippen LogP contribution in [0.1, 0.15) is 36.1 Å². The van der Waals surface area contributed by atoms with Crippen molar-refractivity contribution in [3.05, 3.63) is 58.7 Å². The van der Waals surface area contributed by atoms with Gasteiger partial charge >= 0.3 is 0 Å². The van der Waals surface area contributed by atoms with Crippen LogP contribution in [-0.4, -0.2) is 38.7 Å². The van der Waals surface area contributed by atoms with Gasteiger partial charge in [-0.05, 0) is 56.5 Å². The zero-order valence-corrected chi connectivity index (χ0v) is 21.9. The number of ether oxygens (including phenoxy) is 2. The van der Waals surface area contributed by atoms with Crippen LogP contribution >= 0.6 is 24.0 Å². The second-order valence-electron chi connectivity index (χ2n) is 7.21. The van der Waals surface area contributed by atoms with E-state index >= 15 is 0 Å². The first-order chi connectivity index (χ1) is 15.0. The first kappa shape index (κ1) is 27.5. The Morgan fingerprint density at radius 1 is 0.969 bits per heavy atom. The molecule has 0 atom stereocenters. The van der Waals surface area contributed by atoms with E-state index in [9.17, 15) is 4.79 Å². The summed E-state index contributed by atoms with van der Waals surface area (Å²) in [5.41, 5.74) is 4.74. The molecule has 0 aliphatic carbocycles. The molecule has 0 heterocycles. The minimum atomic E-state index is -0.164. The Morgan fingerprint density at radius 3 is 2.38 bits per heavy atom.